The van der Waals surface area contributed by atoms with E-state index in [1.54, 1.807) is 12.4 Å². The number of thiazole rings is 1. The molecular formula is C16H12ClN3O2S. The summed E-state index contributed by atoms with van der Waals surface area (Å²) in [6, 6.07) is 9.41. The van der Waals surface area contributed by atoms with Crippen LogP contribution in [0.5, 0.6) is 0 Å². The summed E-state index contributed by atoms with van der Waals surface area (Å²) in [5, 5.41) is 13.7. The first kappa shape index (κ1) is 15.5. The summed E-state index contributed by atoms with van der Waals surface area (Å²) in [5.74, 6) is -0.978. The van der Waals surface area contributed by atoms with E-state index in [1.165, 1.54) is 6.20 Å². The van der Waals surface area contributed by atoms with Crippen LogP contribution in [0, 0.1) is 0 Å². The van der Waals surface area contributed by atoms with Crippen LogP contribution in [-0.2, 0) is 6.54 Å². The first-order valence-electron chi connectivity index (χ1n) is 6.75. The molecule has 5 nitrogen and oxygen atoms in total. The van der Waals surface area contributed by atoms with E-state index in [9.17, 15) is 4.79 Å². The average molecular weight is 346 g/mol. The lowest BCUT2D eigenvalue weighted by Crippen LogP contribution is -2.01. The summed E-state index contributed by atoms with van der Waals surface area (Å²) in [4.78, 5) is 19.5. The lowest BCUT2D eigenvalue weighted by atomic mass is 10.2. The Kier molecular flexibility index (Phi) is 4.55. The van der Waals surface area contributed by atoms with Crippen molar-refractivity contribution in [2.75, 3.05) is 5.32 Å². The fourth-order valence-corrected chi connectivity index (χ4v) is 2.92. The van der Waals surface area contributed by atoms with Crippen LogP contribution in [0.1, 0.15) is 15.2 Å². The van der Waals surface area contributed by atoms with Gasteiger partial charge in [-0.25, -0.2) is 9.78 Å². The molecule has 0 radical (unpaired) electrons. The molecule has 3 aromatic rings. The second-order valence-electron chi connectivity index (χ2n) is 4.74. The number of aromatic nitrogens is 2. The van der Waals surface area contributed by atoms with Crippen LogP contribution in [-0.4, -0.2) is 21.0 Å². The predicted octanol–water partition coefficient (Wildman–Crippen LogP) is 4.17. The average Bonchev–Trinajstić information content (AvgIpc) is 3.05. The van der Waals surface area contributed by atoms with E-state index in [0.29, 0.717) is 16.6 Å². The molecule has 116 valence electrons. The summed E-state index contributed by atoms with van der Waals surface area (Å²) in [6.45, 7) is 0.616. The molecule has 0 aliphatic carbocycles. The van der Waals surface area contributed by atoms with Crippen molar-refractivity contribution in [3.8, 4) is 10.6 Å². The summed E-state index contributed by atoms with van der Waals surface area (Å²) < 4.78 is 0. The topological polar surface area (TPSA) is 75.1 Å². The smallest absolute Gasteiger partial charge is 0.347 e. The van der Waals surface area contributed by atoms with Crippen LogP contribution in [0.4, 0.5) is 5.69 Å². The number of benzene rings is 1. The first-order chi connectivity index (χ1) is 11.1. The van der Waals surface area contributed by atoms with Gasteiger partial charge in [-0.15, -0.1) is 11.3 Å². The number of rotatable bonds is 5. The third-order valence-electron chi connectivity index (χ3n) is 3.16. The van der Waals surface area contributed by atoms with Crippen molar-refractivity contribution in [3.05, 3.63) is 64.4 Å². The number of carboxylic acid groups (broad SMARTS) is 1. The minimum absolute atomic E-state index is 0.201. The fourth-order valence-electron chi connectivity index (χ4n) is 2.02. The number of hydrogen-bond acceptors (Lipinski definition) is 5. The van der Waals surface area contributed by atoms with Crippen LogP contribution < -0.4 is 5.32 Å². The SMILES string of the molecule is O=C(O)c1cnc(-c2cnccc2NCc2ccc(Cl)cc2)s1. The van der Waals surface area contributed by atoms with Crippen molar-refractivity contribution in [2.45, 2.75) is 6.54 Å². The number of carbonyl (C=O) groups is 1. The molecule has 23 heavy (non-hydrogen) atoms. The molecule has 1 aromatic carbocycles. The molecule has 0 spiro atoms. The zero-order valence-corrected chi connectivity index (χ0v) is 13.4. The summed E-state index contributed by atoms with van der Waals surface area (Å²) in [7, 11) is 0. The number of hydrogen-bond donors (Lipinski definition) is 2. The van der Waals surface area contributed by atoms with Crippen LogP contribution in [0.25, 0.3) is 10.6 Å². The third-order valence-corrected chi connectivity index (χ3v) is 4.43. The molecule has 0 unspecified atom stereocenters. The van der Waals surface area contributed by atoms with Crippen molar-refractivity contribution in [1.29, 1.82) is 0 Å². The third kappa shape index (κ3) is 3.67. The quantitative estimate of drug-likeness (QED) is 0.726. The molecule has 2 heterocycles. The first-order valence-corrected chi connectivity index (χ1v) is 7.95. The number of halogens is 1. The summed E-state index contributed by atoms with van der Waals surface area (Å²) in [5.41, 5.74) is 2.71. The Morgan fingerprint density at radius 3 is 2.70 bits per heavy atom. The minimum Gasteiger partial charge on any atom is -0.477 e. The highest BCUT2D eigenvalue weighted by atomic mass is 35.5. The van der Waals surface area contributed by atoms with Crippen LogP contribution in [0.2, 0.25) is 5.02 Å². The van der Waals surface area contributed by atoms with E-state index in [-0.39, 0.29) is 4.88 Å². The summed E-state index contributed by atoms with van der Waals surface area (Å²) >= 11 is 7.00. The molecule has 0 fully saturated rings. The highest BCUT2D eigenvalue weighted by Gasteiger charge is 2.13. The Bertz CT molecular complexity index is 833. The van der Waals surface area contributed by atoms with Crippen molar-refractivity contribution >= 4 is 34.6 Å². The van der Waals surface area contributed by atoms with E-state index in [2.05, 4.69) is 15.3 Å². The lowest BCUT2D eigenvalue weighted by Gasteiger charge is -2.10. The van der Waals surface area contributed by atoms with Gasteiger partial charge in [0.2, 0.25) is 0 Å². The molecule has 2 aromatic heterocycles. The largest absolute Gasteiger partial charge is 0.477 e. The predicted molar refractivity (Wildman–Crippen MR) is 91.1 cm³/mol. The molecule has 0 saturated carbocycles. The zero-order chi connectivity index (χ0) is 16.2. The van der Waals surface area contributed by atoms with Gasteiger partial charge in [0.15, 0.2) is 0 Å². The zero-order valence-electron chi connectivity index (χ0n) is 11.9. The molecule has 0 bridgehead atoms. The van der Waals surface area contributed by atoms with Gasteiger partial charge in [-0.2, -0.15) is 0 Å². The summed E-state index contributed by atoms with van der Waals surface area (Å²) in [6.07, 6.45) is 4.71. The minimum atomic E-state index is -0.978. The number of aromatic carboxylic acids is 1. The number of nitrogens with one attached hydrogen (secondary N) is 1. The highest BCUT2D eigenvalue weighted by molar-refractivity contribution is 7.16. The molecule has 0 atom stereocenters. The highest BCUT2D eigenvalue weighted by Crippen LogP contribution is 2.31. The Morgan fingerprint density at radius 1 is 1.22 bits per heavy atom. The molecular weight excluding hydrogens is 334 g/mol. The molecule has 7 heteroatoms. The Hall–Kier alpha value is -2.44. The Balaban J connectivity index is 1.82. The lowest BCUT2D eigenvalue weighted by molar-refractivity contribution is 0.0702. The number of anilines is 1. The van der Waals surface area contributed by atoms with Gasteiger partial charge in [0.05, 0.1) is 11.8 Å². The van der Waals surface area contributed by atoms with Crippen molar-refractivity contribution in [3.63, 3.8) is 0 Å². The Morgan fingerprint density at radius 2 is 2.00 bits per heavy atom. The molecule has 0 aliphatic heterocycles. The van der Waals surface area contributed by atoms with E-state index in [4.69, 9.17) is 16.7 Å². The molecule has 0 saturated heterocycles. The van der Waals surface area contributed by atoms with E-state index >= 15 is 0 Å². The molecule has 0 aliphatic rings. The van der Waals surface area contributed by atoms with Gasteiger partial charge in [-0.05, 0) is 23.8 Å². The van der Waals surface area contributed by atoms with E-state index < -0.39 is 5.97 Å². The van der Waals surface area contributed by atoms with E-state index in [0.717, 1.165) is 28.2 Å². The normalized spacial score (nSPS) is 10.5. The van der Waals surface area contributed by atoms with Gasteiger partial charge in [-0.3, -0.25) is 4.98 Å². The van der Waals surface area contributed by atoms with Gasteiger partial charge in [0.1, 0.15) is 9.88 Å². The molecule has 3 rings (SSSR count). The number of pyridine rings is 1. The van der Waals surface area contributed by atoms with Gasteiger partial charge in [-0.1, -0.05) is 23.7 Å². The fraction of sp³-hybridized carbons (Fsp3) is 0.0625. The van der Waals surface area contributed by atoms with Crippen molar-refractivity contribution in [2.24, 2.45) is 0 Å². The second kappa shape index (κ2) is 6.76. The number of nitrogens with zero attached hydrogens (tertiary/aromatic N) is 2. The van der Waals surface area contributed by atoms with Gasteiger partial charge in [0, 0.05) is 29.6 Å². The van der Waals surface area contributed by atoms with Crippen molar-refractivity contribution < 1.29 is 9.90 Å². The van der Waals surface area contributed by atoms with Crippen molar-refractivity contribution in [1.82, 2.24) is 9.97 Å². The Labute approximate surface area is 141 Å². The van der Waals surface area contributed by atoms with E-state index in [1.807, 2.05) is 30.3 Å². The van der Waals surface area contributed by atoms with Gasteiger partial charge in [0.25, 0.3) is 0 Å². The molecule has 0 amide bonds. The maximum absolute atomic E-state index is 11.0. The van der Waals surface area contributed by atoms with Crippen LogP contribution >= 0.6 is 22.9 Å². The van der Waals surface area contributed by atoms with Gasteiger partial charge < -0.3 is 10.4 Å². The van der Waals surface area contributed by atoms with Crippen LogP contribution in [0.3, 0.4) is 0 Å². The maximum Gasteiger partial charge on any atom is 0.347 e. The number of carboxylic acids is 1. The van der Waals surface area contributed by atoms with Gasteiger partial charge >= 0.3 is 5.97 Å². The standard InChI is InChI=1S/C16H12ClN3O2S/c17-11-3-1-10(2-4-11)7-19-13-5-6-18-8-12(13)15-20-9-14(23-15)16(21)22/h1-6,8-9H,7H2,(H,18,19)(H,21,22). The maximum atomic E-state index is 11.0. The monoisotopic (exact) mass is 345 g/mol. The molecule has 2 N–H and O–H groups in total. The second-order valence-corrected chi connectivity index (χ2v) is 6.20. The van der Waals surface area contributed by atoms with Crippen LogP contribution in [0.15, 0.2) is 48.9 Å².